The van der Waals surface area contributed by atoms with E-state index >= 15 is 0 Å². The fourth-order valence-corrected chi connectivity index (χ4v) is 4.12. The smallest absolute Gasteiger partial charge is 0.384 e. The maximum Gasteiger partial charge on any atom is 0.522 e. The molecule has 1 saturated carbocycles. The van der Waals surface area contributed by atoms with Gasteiger partial charge in [0.2, 0.25) is 5.91 Å². The van der Waals surface area contributed by atoms with Crippen molar-refractivity contribution in [1.82, 2.24) is 25.0 Å². The topological polar surface area (TPSA) is 111 Å². The summed E-state index contributed by atoms with van der Waals surface area (Å²) in [5.41, 5.74) is 7.86. The van der Waals surface area contributed by atoms with E-state index in [2.05, 4.69) is 25.1 Å². The van der Waals surface area contributed by atoms with Crippen molar-refractivity contribution in [2.24, 2.45) is 16.6 Å². The summed E-state index contributed by atoms with van der Waals surface area (Å²) in [5.74, 6) is 0.353. The molecule has 1 aliphatic carbocycles. The highest BCUT2D eigenvalue weighted by atomic mass is 19.4. The monoisotopic (exact) mass is 435 g/mol. The number of hydrogen-bond donors (Lipinski definition) is 2. The fourth-order valence-electron chi connectivity index (χ4n) is 4.12. The molecular formula is C19H20F3N7O2. The summed E-state index contributed by atoms with van der Waals surface area (Å²) in [6.07, 6.45) is -1.92. The van der Waals surface area contributed by atoms with Gasteiger partial charge in [0.25, 0.3) is 0 Å². The van der Waals surface area contributed by atoms with Crippen molar-refractivity contribution in [2.75, 3.05) is 6.61 Å². The van der Waals surface area contributed by atoms with Crippen LogP contribution in [0.1, 0.15) is 31.6 Å². The number of rotatable bonds is 5. The van der Waals surface area contributed by atoms with Crippen LogP contribution in [0.3, 0.4) is 0 Å². The number of hydrogen-bond acceptors (Lipinski definition) is 7. The molecule has 5 rings (SSSR count). The van der Waals surface area contributed by atoms with Gasteiger partial charge in [-0.2, -0.15) is 5.10 Å². The number of aliphatic imine (C=N–C) groups is 1. The lowest BCUT2D eigenvalue weighted by Crippen LogP contribution is -2.40. The van der Waals surface area contributed by atoms with Crippen LogP contribution < -0.4 is 11.1 Å². The Hall–Kier alpha value is -3.15. The van der Waals surface area contributed by atoms with Gasteiger partial charge in [0, 0.05) is 23.2 Å². The first-order valence-corrected chi connectivity index (χ1v) is 9.93. The molecule has 1 amide bonds. The summed E-state index contributed by atoms with van der Waals surface area (Å²) in [4.78, 5) is 23.3. The van der Waals surface area contributed by atoms with Crippen molar-refractivity contribution in [3.05, 3.63) is 35.4 Å². The van der Waals surface area contributed by atoms with Gasteiger partial charge in [-0.1, -0.05) is 0 Å². The van der Waals surface area contributed by atoms with Crippen molar-refractivity contribution in [2.45, 2.75) is 44.9 Å². The summed E-state index contributed by atoms with van der Waals surface area (Å²) >= 11 is 0. The molecule has 2 aromatic heterocycles. The van der Waals surface area contributed by atoms with E-state index in [9.17, 15) is 18.0 Å². The molecule has 31 heavy (non-hydrogen) atoms. The zero-order chi connectivity index (χ0) is 21.9. The summed E-state index contributed by atoms with van der Waals surface area (Å²) in [6.45, 7) is 1.05. The molecule has 0 spiro atoms. The molecule has 4 heterocycles. The van der Waals surface area contributed by atoms with Gasteiger partial charge in [0.1, 0.15) is 17.4 Å². The third-order valence-electron chi connectivity index (χ3n) is 5.67. The molecule has 164 valence electrons. The van der Waals surface area contributed by atoms with Crippen molar-refractivity contribution in [3.63, 3.8) is 0 Å². The van der Waals surface area contributed by atoms with Crippen molar-refractivity contribution >= 4 is 22.8 Å². The summed E-state index contributed by atoms with van der Waals surface area (Å²) < 4.78 is 42.5. The number of aromatic nitrogens is 3. The minimum absolute atomic E-state index is 0.135. The third-order valence-corrected chi connectivity index (χ3v) is 5.67. The predicted molar refractivity (Wildman–Crippen MR) is 103 cm³/mol. The number of carbonyl (C=O) groups is 1. The Morgan fingerprint density at radius 3 is 2.84 bits per heavy atom. The summed E-state index contributed by atoms with van der Waals surface area (Å²) in [6, 6.07) is 3.69. The number of nitrogens with zero attached hydrogens (tertiary/aromatic N) is 5. The molecule has 2 aliphatic heterocycles. The highest BCUT2D eigenvalue weighted by Crippen LogP contribution is 2.44. The first-order chi connectivity index (χ1) is 14.7. The highest BCUT2D eigenvalue weighted by Gasteiger charge is 2.46. The van der Waals surface area contributed by atoms with E-state index in [1.165, 1.54) is 4.68 Å². The van der Waals surface area contributed by atoms with Crippen LogP contribution in [0.25, 0.3) is 11.0 Å². The van der Waals surface area contributed by atoms with Crippen molar-refractivity contribution < 1.29 is 22.7 Å². The Bertz CT molecular complexity index is 1120. The Morgan fingerprint density at radius 1 is 1.35 bits per heavy atom. The fraction of sp³-hybridized carbons (Fsp3) is 0.474. The van der Waals surface area contributed by atoms with E-state index in [1.807, 2.05) is 4.90 Å². The number of halogens is 3. The molecule has 2 aromatic rings. The van der Waals surface area contributed by atoms with E-state index in [0.29, 0.717) is 28.1 Å². The minimum atomic E-state index is -4.72. The van der Waals surface area contributed by atoms with Gasteiger partial charge in [-0.3, -0.25) is 9.53 Å². The number of carbonyl (C=O) groups excluding carboxylic acids is 1. The van der Waals surface area contributed by atoms with Crippen LogP contribution in [-0.4, -0.2) is 50.4 Å². The zero-order valence-electron chi connectivity index (χ0n) is 16.6. The average Bonchev–Trinajstić information content (AvgIpc) is 3.41. The predicted octanol–water partition coefficient (Wildman–Crippen LogP) is 1.78. The highest BCUT2D eigenvalue weighted by molar-refractivity contribution is 6.07. The second kappa shape index (κ2) is 6.94. The SMILES string of the molecule is CC1C(=O)NC2=C1C(N)=NC(c1nn(CCOC(F)(F)F)c3ncccc13)N2C1CC1. The lowest BCUT2D eigenvalue weighted by molar-refractivity contribution is -0.325. The van der Waals surface area contributed by atoms with E-state index in [4.69, 9.17) is 5.73 Å². The van der Waals surface area contributed by atoms with E-state index in [0.717, 1.165) is 12.8 Å². The van der Waals surface area contributed by atoms with Gasteiger partial charge < -0.3 is 16.0 Å². The second-order valence-corrected chi connectivity index (χ2v) is 7.78. The van der Waals surface area contributed by atoms with Gasteiger partial charge >= 0.3 is 6.36 Å². The molecule has 0 radical (unpaired) electrons. The van der Waals surface area contributed by atoms with Crippen LogP contribution in [0, 0.1) is 5.92 Å². The molecule has 0 bridgehead atoms. The lowest BCUT2D eigenvalue weighted by Gasteiger charge is -2.35. The third kappa shape index (κ3) is 3.40. The number of ether oxygens (including phenoxy) is 1. The molecular weight excluding hydrogens is 415 g/mol. The number of nitrogens with one attached hydrogen (secondary N) is 1. The Labute approximate surface area is 174 Å². The van der Waals surface area contributed by atoms with Crippen LogP contribution in [0.4, 0.5) is 13.2 Å². The van der Waals surface area contributed by atoms with E-state index in [1.54, 1.807) is 25.3 Å². The number of amides is 1. The second-order valence-electron chi connectivity index (χ2n) is 7.78. The number of alkyl halides is 3. The molecule has 1 fully saturated rings. The first kappa shape index (κ1) is 19.8. The van der Waals surface area contributed by atoms with Crippen LogP contribution in [0.5, 0.6) is 0 Å². The van der Waals surface area contributed by atoms with Crippen LogP contribution in [0.15, 0.2) is 34.7 Å². The van der Waals surface area contributed by atoms with Gasteiger partial charge in [0.15, 0.2) is 11.8 Å². The molecule has 12 heteroatoms. The van der Waals surface area contributed by atoms with Crippen LogP contribution in [-0.2, 0) is 16.1 Å². The van der Waals surface area contributed by atoms with Gasteiger partial charge in [0.05, 0.1) is 19.1 Å². The van der Waals surface area contributed by atoms with Crippen LogP contribution in [0.2, 0.25) is 0 Å². The lowest BCUT2D eigenvalue weighted by atomic mass is 10.0. The maximum absolute atomic E-state index is 12.4. The molecule has 0 saturated heterocycles. The van der Waals surface area contributed by atoms with Gasteiger partial charge in [-0.25, -0.2) is 14.7 Å². The molecule has 9 nitrogen and oxygen atoms in total. The molecule has 0 aromatic carbocycles. The molecule has 3 aliphatic rings. The minimum Gasteiger partial charge on any atom is -0.384 e. The standard InChI is InChI=1S/C19H20F3N7O2/c1-9-12-14(23)25-17(29(10-4-5-10)16(12)26-18(9)30)13-11-3-2-6-24-15(11)28(27-13)7-8-31-19(20,21)22/h2-3,6,9-10,17H,4-5,7-8H2,1H3,(H2,23,25)(H,26,30). The zero-order valence-corrected chi connectivity index (χ0v) is 16.6. The number of amidine groups is 1. The molecule has 3 N–H and O–H groups in total. The van der Waals surface area contributed by atoms with E-state index in [-0.39, 0.29) is 24.3 Å². The maximum atomic E-state index is 12.4. The number of fused-ring (bicyclic) bond motifs is 1. The summed E-state index contributed by atoms with van der Waals surface area (Å²) in [5, 5.41) is 8.13. The van der Waals surface area contributed by atoms with Crippen molar-refractivity contribution in [3.8, 4) is 0 Å². The molecule has 2 atom stereocenters. The normalized spacial score (nSPS) is 23.9. The Balaban J connectivity index is 1.55. The average molecular weight is 435 g/mol. The summed E-state index contributed by atoms with van der Waals surface area (Å²) in [7, 11) is 0. The van der Waals surface area contributed by atoms with Gasteiger partial charge in [-0.15, -0.1) is 13.2 Å². The van der Waals surface area contributed by atoms with Gasteiger partial charge in [-0.05, 0) is 31.9 Å². The first-order valence-electron chi connectivity index (χ1n) is 9.93. The van der Waals surface area contributed by atoms with E-state index < -0.39 is 25.1 Å². The number of pyridine rings is 1. The number of nitrogens with two attached hydrogens (primary N) is 1. The largest absolute Gasteiger partial charge is 0.522 e. The quantitative estimate of drug-likeness (QED) is 0.741. The Morgan fingerprint density at radius 2 is 2.13 bits per heavy atom. The Kier molecular flexibility index (Phi) is 4.43. The molecule has 2 unspecified atom stereocenters. The van der Waals surface area contributed by atoms with Crippen molar-refractivity contribution in [1.29, 1.82) is 0 Å². The van der Waals surface area contributed by atoms with Crippen LogP contribution >= 0.6 is 0 Å².